The molecule has 3 N–H and O–H groups in total. The van der Waals surface area contributed by atoms with E-state index in [4.69, 9.17) is 22.1 Å². The van der Waals surface area contributed by atoms with Crippen LogP contribution in [0.4, 0.5) is 5.69 Å². The van der Waals surface area contributed by atoms with Crippen molar-refractivity contribution in [3.8, 4) is 0 Å². The Kier molecular flexibility index (Phi) is 4.81. The van der Waals surface area contributed by atoms with Crippen molar-refractivity contribution in [2.45, 2.75) is 18.9 Å². The van der Waals surface area contributed by atoms with Crippen LogP contribution in [-0.2, 0) is 4.74 Å². The molecule has 0 spiro atoms. The zero-order valence-corrected chi connectivity index (χ0v) is 12.6. The van der Waals surface area contributed by atoms with E-state index in [0.29, 0.717) is 18.2 Å². The van der Waals surface area contributed by atoms with Gasteiger partial charge in [-0.25, -0.2) is 0 Å². The number of halogens is 1. The molecular formula is C15H20ClN3O. The summed E-state index contributed by atoms with van der Waals surface area (Å²) in [4.78, 5) is 4.42. The third kappa shape index (κ3) is 3.20. The first kappa shape index (κ1) is 15.0. The minimum atomic E-state index is -0.242. The van der Waals surface area contributed by atoms with Crippen LogP contribution >= 0.6 is 11.6 Å². The summed E-state index contributed by atoms with van der Waals surface area (Å²) in [7, 11) is 1.69. The number of benzene rings is 1. The van der Waals surface area contributed by atoms with Gasteiger partial charge in [-0.3, -0.25) is 4.98 Å². The number of rotatable bonds is 6. The fourth-order valence-electron chi connectivity index (χ4n) is 2.11. The second kappa shape index (κ2) is 6.39. The maximum Gasteiger partial charge on any atom is 0.0948 e. The van der Waals surface area contributed by atoms with E-state index in [1.54, 1.807) is 13.3 Å². The van der Waals surface area contributed by atoms with Crippen LogP contribution in [0.5, 0.6) is 0 Å². The maximum atomic E-state index is 6.21. The molecule has 0 saturated carbocycles. The smallest absolute Gasteiger partial charge is 0.0948 e. The van der Waals surface area contributed by atoms with Gasteiger partial charge >= 0.3 is 0 Å². The van der Waals surface area contributed by atoms with E-state index in [9.17, 15) is 0 Å². The number of hydrogen-bond acceptors (Lipinski definition) is 4. The molecule has 2 rings (SSSR count). The van der Waals surface area contributed by atoms with E-state index < -0.39 is 0 Å². The Balaban J connectivity index is 2.36. The fourth-order valence-corrected chi connectivity index (χ4v) is 2.32. The molecule has 1 atom stereocenters. The molecule has 0 aliphatic heterocycles. The predicted molar refractivity (Wildman–Crippen MR) is 84.3 cm³/mol. The summed E-state index contributed by atoms with van der Waals surface area (Å²) >= 11 is 6.21. The molecule has 1 aromatic heterocycles. The van der Waals surface area contributed by atoms with Gasteiger partial charge in [-0.2, -0.15) is 0 Å². The third-order valence-corrected chi connectivity index (χ3v) is 3.79. The molecule has 108 valence electrons. The summed E-state index contributed by atoms with van der Waals surface area (Å²) in [5, 5.41) is 5.12. The van der Waals surface area contributed by atoms with Crippen molar-refractivity contribution >= 4 is 28.2 Å². The maximum absolute atomic E-state index is 6.21. The average Bonchev–Trinajstić information content (AvgIpc) is 2.48. The fraction of sp³-hybridized carbons (Fsp3) is 0.400. The van der Waals surface area contributed by atoms with Gasteiger partial charge in [0.05, 0.1) is 16.2 Å². The zero-order chi connectivity index (χ0) is 14.6. The van der Waals surface area contributed by atoms with Gasteiger partial charge < -0.3 is 15.8 Å². The SMILES string of the molecule is COCCC(C)(CN)Nc1ccc(Cl)c2cccnc12. The topological polar surface area (TPSA) is 60.2 Å². The van der Waals surface area contributed by atoms with E-state index in [1.807, 2.05) is 24.3 Å². The van der Waals surface area contributed by atoms with Crippen LogP contribution < -0.4 is 11.1 Å². The molecule has 1 heterocycles. The summed E-state index contributed by atoms with van der Waals surface area (Å²) in [5.41, 5.74) is 7.46. The van der Waals surface area contributed by atoms with Crippen LogP contribution in [0.25, 0.3) is 10.9 Å². The van der Waals surface area contributed by atoms with E-state index in [-0.39, 0.29) is 5.54 Å². The second-order valence-corrected chi connectivity index (χ2v) is 5.53. The highest BCUT2D eigenvalue weighted by Gasteiger charge is 2.23. The van der Waals surface area contributed by atoms with Gasteiger partial charge in [0.1, 0.15) is 0 Å². The van der Waals surface area contributed by atoms with Crippen LogP contribution in [0, 0.1) is 0 Å². The van der Waals surface area contributed by atoms with Crippen molar-refractivity contribution in [3.63, 3.8) is 0 Å². The third-order valence-electron chi connectivity index (χ3n) is 3.46. The van der Waals surface area contributed by atoms with Crippen molar-refractivity contribution in [1.82, 2.24) is 4.98 Å². The lowest BCUT2D eigenvalue weighted by Gasteiger charge is -2.30. The van der Waals surface area contributed by atoms with E-state index in [2.05, 4.69) is 17.2 Å². The molecule has 4 nitrogen and oxygen atoms in total. The molecule has 1 unspecified atom stereocenters. The van der Waals surface area contributed by atoms with Crippen molar-refractivity contribution < 1.29 is 4.74 Å². The molecule has 0 saturated heterocycles. The molecule has 0 fully saturated rings. The molecule has 1 aromatic carbocycles. The molecular weight excluding hydrogens is 274 g/mol. The first-order valence-electron chi connectivity index (χ1n) is 6.60. The van der Waals surface area contributed by atoms with Gasteiger partial charge in [0.25, 0.3) is 0 Å². The molecule has 0 amide bonds. The molecule has 0 bridgehead atoms. The van der Waals surface area contributed by atoms with Crippen LogP contribution in [-0.4, -0.2) is 30.8 Å². The van der Waals surface area contributed by atoms with Gasteiger partial charge in [0.2, 0.25) is 0 Å². The normalized spacial score (nSPS) is 14.2. The largest absolute Gasteiger partial charge is 0.385 e. The number of hydrogen-bond donors (Lipinski definition) is 2. The van der Waals surface area contributed by atoms with E-state index in [0.717, 1.165) is 23.0 Å². The van der Waals surface area contributed by atoms with Crippen molar-refractivity contribution in [3.05, 3.63) is 35.5 Å². The van der Waals surface area contributed by atoms with Crippen LogP contribution in [0.15, 0.2) is 30.5 Å². The first-order valence-corrected chi connectivity index (χ1v) is 6.98. The van der Waals surface area contributed by atoms with Gasteiger partial charge in [-0.05, 0) is 37.6 Å². The summed E-state index contributed by atoms with van der Waals surface area (Å²) in [6.45, 7) is 3.24. The molecule has 5 heteroatoms. The Labute approximate surface area is 124 Å². The second-order valence-electron chi connectivity index (χ2n) is 5.13. The Hall–Kier alpha value is -1.36. The van der Waals surface area contributed by atoms with Gasteiger partial charge in [0, 0.05) is 37.4 Å². The number of nitrogens with one attached hydrogen (secondary N) is 1. The lowest BCUT2D eigenvalue weighted by molar-refractivity contribution is 0.177. The van der Waals surface area contributed by atoms with Gasteiger partial charge in [-0.1, -0.05) is 11.6 Å². The van der Waals surface area contributed by atoms with Gasteiger partial charge in [0.15, 0.2) is 0 Å². The summed E-state index contributed by atoms with van der Waals surface area (Å²) in [6.07, 6.45) is 2.58. The number of aromatic nitrogens is 1. The minimum absolute atomic E-state index is 0.242. The van der Waals surface area contributed by atoms with Crippen LogP contribution in [0.2, 0.25) is 5.02 Å². The number of anilines is 1. The zero-order valence-electron chi connectivity index (χ0n) is 11.8. The van der Waals surface area contributed by atoms with Gasteiger partial charge in [-0.15, -0.1) is 0 Å². The number of methoxy groups -OCH3 is 1. The highest BCUT2D eigenvalue weighted by atomic mass is 35.5. The van der Waals surface area contributed by atoms with Crippen LogP contribution in [0.3, 0.4) is 0 Å². The lowest BCUT2D eigenvalue weighted by atomic mass is 9.97. The summed E-state index contributed by atoms with van der Waals surface area (Å²) in [5.74, 6) is 0. The lowest BCUT2D eigenvalue weighted by Crippen LogP contribution is -2.43. The summed E-state index contributed by atoms with van der Waals surface area (Å²) in [6, 6.07) is 7.66. The highest BCUT2D eigenvalue weighted by Crippen LogP contribution is 2.30. The average molecular weight is 294 g/mol. The number of ether oxygens (including phenoxy) is 1. The standard InChI is InChI=1S/C15H20ClN3O/c1-15(10-17,7-9-20-2)19-13-6-5-12(16)11-4-3-8-18-14(11)13/h3-6,8,19H,7,9-10,17H2,1-2H3. The van der Waals surface area contributed by atoms with Crippen molar-refractivity contribution in [2.24, 2.45) is 5.73 Å². The number of pyridine rings is 1. The molecule has 2 aromatic rings. The number of fused-ring (bicyclic) bond motifs is 1. The molecule has 20 heavy (non-hydrogen) atoms. The van der Waals surface area contributed by atoms with Crippen molar-refractivity contribution in [2.75, 3.05) is 25.6 Å². The number of nitrogens with zero attached hydrogens (tertiary/aromatic N) is 1. The molecule has 0 aliphatic carbocycles. The Morgan fingerprint density at radius 2 is 2.20 bits per heavy atom. The molecule has 0 radical (unpaired) electrons. The minimum Gasteiger partial charge on any atom is -0.385 e. The Bertz CT molecular complexity index is 590. The van der Waals surface area contributed by atoms with Crippen LogP contribution in [0.1, 0.15) is 13.3 Å². The van der Waals surface area contributed by atoms with E-state index >= 15 is 0 Å². The molecule has 0 aliphatic rings. The highest BCUT2D eigenvalue weighted by molar-refractivity contribution is 6.35. The predicted octanol–water partition coefficient (Wildman–Crippen LogP) is 3.05. The quantitative estimate of drug-likeness (QED) is 0.859. The summed E-state index contributed by atoms with van der Waals surface area (Å²) < 4.78 is 5.15. The Morgan fingerprint density at radius 3 is 2.90 bits per heavy atom. The van der Waals surface area contributed by atoms with E-state index in [1.165, 1.54) is 0 Å². The monoisotopic (exact) mass is 293 g/mol. The number of nitrogens with two attached hydrogens (primary N) is 1. The Morgan fingerprint density at radius 1 is 1.40 bits per heavy atom. The first-order chi connectivity index (χ1) is 9.59. The van der Waals surface area contributed by atoms with Crippen molar-refractivity contribution in [1.29, 1.82) is 0 Å².